The monoisotopic (exact) mass is 626 g/mol. The van der Waals surface area contributed by atoms with Crippen LogP contribution in [0.3, 0.4) is 0 Å². The van der Waals surface area contributed by atoms with E-state index in [4.69, 9.17) is 28.6 Å². The Morgan fingerprint density at radius 2 is 1.14 bits per heavy atom. The summed E-state index contributed by atoms with van der Waals surface area (Å²) in [6.45, 7) is 13.6. The van der Waals surface area contributed by atoms with Crippen molar-refractivity contribution >= 4 is 53.9 Å². The number of benzene rings is 3. The van der Waals surface area contributed by atoms with Gasteiger partial charge >= 0.3 is 86.1 Å². The predicted octanol–water partition coefficient (Wildman–Crippen LogP) is 11.1. The first-order valence-electron chi connectivity index (χ1n) is 12.4. The van der Waals surface area contributed by atoms with E-state index in [1.54, 1.807) is 0 Å². The van der Waals surface area contributed by atoms with E-state index in [-0.39, 0.29) is 10.8 Å². The van der Waals surface area contributed by atoms with E-state index in [9.17, 15) is 0 Å². The van der Waals surface area contributed by atoms with Gasteiger partial charge in [0.1, 0.15) is 0 Å². The van der Waals surface area contributed by atoms with Crippen molar-refractivity contribution in [2.75, 3.05) is 0 Å². The molecule has 0 spiro atoms. The topological polar surface area (TPSA) is 0 Å². The van der Waals surface area contributed by atoms with Gasteiger partial charge in [0.25, 0.3) is 0 Å². The molecular formula is C33H35Cl3Zr-2. The number of hydrogen-bond acceptors (Lipinski definition) is 0. The van der Waals surface area contributed by atoms with Gasteiger partial charge in [-0.05, 0) is 10.8 Å². The molecule has 5 aromatic carbocycles. The molecule has 0 amide bonds. The van der Waals surface area contributed by atoms with Gasteiger partial charge in [0.2, 0.25) is 0 Å². The molecule has 194 valence electrons. The van der Waals surface area contributed by atoms with Crippen LogP contribution in [0.1, 0.15) is 58.2 Å². The molecule has 0 aliphatic carbocycles. The standard InChI is InChI=1S/C21H25.C7H5Cl.C5H5.2ClH.Zr/c1-20(2,3)16-7-9-18-14(12-16)11-15-13-17(21(4,5)6)8-10-19(15)18;1-6-2-4-7(8)5-3-6;1-2-4-5-3-1;;;/h7-13H,1-6H3;1-5H;1-5H;2*1H;/q-1;;-1;;;+2/p-2. The van der Waals surface area contributed by atoms with Crippen LogP contribution in [-0.4, -0.2) is 3.71 Å². The largest absolute Gasteiger partial charge is 0.214 e. The first-order chi connectivity index (χ1) is 17.3. The molecule has 4 heteroatoms. The van der Waals surface area contributed by atoms with Gasteiger partial charge in [0, 0.05) is 0 Å². The first kappa shape index (κ1) is 30.1. The molecule has 0 bridgehead atoms. The minimum absolute atomic E-state index is 0.203. The maximum atomic E-state index is 5.73. The van der Waals surface area contributed by atoms with Crippen LogP contribution in [0.4, 0.5) is 0 Å². The van der Waals surface area contributed by atoms with Gasteiger partial charge in [0.05, 0.1) is 0 Å². The Bertz CT molecular complexity index is 1350. The summed E-state index contributed by atoms with van der Waals surface area (Å²) in [5, 5.41) is 6.21. The Labute approximate surface area is 242 Å². The van der Waals surface area contributed by atoms with Crippen LogP contribution in [-0.2, 0) is 29.7 Å². The molecule has 0 fully saturated rings. The SMILES string of the molecule is CC(C)(C)c1ccc2c(c1)[cH-]c1cc(C(C)(C)C)ccc12.Clc1ccc([CH]=[Zr]([Cl])[Cl])cc1.c1cc[cH-]c1. The third-order valence-corrected chi connectivity index (χ3v) is 9.04. The number of halogens is 3. The van der Waals surface area contributed by atoms with E-state index >= 15 is 0 Å². The number of hydrogen-bond donors (Lipinski definition) is 0. The van der Waals surface area contributed by atoms with Crippen molar-refractivity contribution in [1.82, 2.24) is 0 Å². The second kappa shape index (κ2) is 13.0. The molecule has 0 aromatic heterocycles. The molecule has 0 saturated carbocycles. The quantitative estimate of drug-likeness (QED) is 0.162. The van der Waals surface area contributed by atoms with E-state index < -0.39 is 18.9 Å². The van der Waals surface area contributed by atoms with Crippen molar-refractivity contribution in [1.29, 1.82) is 0 Å². The molecular weight excluding hydrogens is 594 g/mol. The molecule has 5 aromatic rings. The van der Waals surface area contributed by atoms with Gasteiger partial charge in [0.15, 0.2) is 0 Å². The molecule has 0 aliphatic heterocycles. The zero-order valence-corrected chi connectivity index (χ0v) is 27.2. The zero-order chi connectivity index (χ0) is 27.2. The molecule has 5 rings (SSSR count). The molecule has 0 atom stereocenters. The second-order valence-electron chi connectivity index (χ2n) is 11.2. The fourth-order valence-corrected chi connectivity index (χ4v) is 6.67. The summed E-state index contributed by atoms with van der Waals surface area (Å²) in [5.41, 5.74) is 4.28. The predicted molar refractivity (Wildman–Crippen MR) is 165 cm³/mol. The average Bonchev–Trinajstić information content (AvgIpc) is 3.50. The van der Waals surface area contributed by atoms with E-state index in [1.807, 2.05) is 58.3 Å². The maximum absolute atomic E-state index is 5.73. The first-order valence-corrected chi connectivity index (χ1v) is 20.6. The Morgan fingerprint density at radius 3 is 1.49 bits per heavy atom. The van der Waals surface area contributed by atoms with Gasteiger partial charge in [-0.3, -0.25) is 0 Å². The zero-order valence-electron chi connectivity index (χ0n) is 22.4. The van der Waals surface area contributed by atoms with E-state index in [0.717, 1.165) is 10.6 Å². The minimum Gasteiger partial charge on any atom is -0.214 e. The van der Waals surface area contributed by atoms with Crippen molar-refractivity contribution in [2.45, 2.75) is 52.4 Å². The van der Waals surface area contributed by atoms with Crippen LogP contribution < -0.4 is 0 Å². The van der Waals surface area contributed by atoms with Crippen LogP contribution in [0.25, 0.3) is 21.5 Å². The smallest absolute Gasteiger partial charge is 0.172 e. The summed E-state index contributed by atoms with van der Waals surface area (Å²) < 4.78 is 1.93. The van der Waals surface area contributed by atoms with E-state index in [2.05, 4.69) is 84.0 Å². The Kier molecular flexibility index (Phi) is 10.6. The van der Waals surface area contributed by atoms with Crippen molar-refractivity contribution in [2.24, 2.45) is 0 Å². The Morgan fingerprint density at radius 1 is 0.676 bits per heavy atom. The van der Waals surface area contributed by atoms with Crippen LogP contribution in [0, 0.1) is 0 Å². The Hall–Kier alpha value is -1.50. The summed E-state index contributed by atoms with van der Waals surface area (Å²) in [6.07, 6.45) is 0. The molecule has 0 saturated heterocycles. The fourth-order valence-electron chi connectivity index (χ4n) is 3.96. The van der Waals surface area contributed by atoms with Gasteiger partial charge < -0.3 is 0 Å². The second-order valence-corrected chi connectivity index (χ2v) is 19.7. The molecule has 0 radical (unpaired) electrons. The van der Waals surface area contributed by atoms with Crippen LogP contribution in [0.2, 0.25) is 5.02 Å². The molecule has 0 nitrogen and oxygen atoms in total. The molecule has 37 heavy (non-hydrogen) atoms. The van der Waals surface area contributed by atoms with Crippen molar-refractivity contribution in [3.63, 3.8) is 0 Å². The minimum atomic E-state index is -2.13. The van der Waals surface area contributed by atoms with Crippen molar-refractivity contribution in [3.8, 4) is 0 Å². The summed E-state index contributed by atoms with van der Waals surface area (Å²) in [6, 6.07) is 33.7. The van der Waals surface area contributed by atoms with Crippen molar-refractivity contribution in [3.05, 3.63) is 119 Å². The molecule has 0 aliphatic rings. The Balaban J connectivity index is 0.000000197. The van der Waals surface area contributed by atoms with Gasteiger partial charge in [-0.2, -0.15) is 18.2 Å². The third-order valence-electron chi connectivity index (χ3n) is 6.14. The van der Waals surface area contributed by atoms with Gasteiger partial charge in [-0.25, -0.2) is 12.1 Å². The van der Waals surface area contributed by atoms with Crippen molar-refractivity contribution < 1.29 is 18.9 Å². The molecule has 0 heterocycles. The van der Waals surface area contributed by atoms with E-state index in [0.29, 0.717) is 0 Å². The summed E-state index contributed by atoms with van der Waals surface area (Å²) in [5.74, 6) is 0. The van der Waals surface area contributed by atoms with Crippen LogP contribution >= 0.6 is 28.6 Å². The molecule has 0 unspecified atom stereocenters. The normalized spacial score (nSPS) is 11.4. The van der Waals surface area contributed by atoms with Gasteiger partial charge in [-0.1, -0.05) is 76.9 Å². The number of rotatable bonds is 1. The van der Waals surface area contributed by atoms with E-state index in [1.165, 1.54) is 32.7 Å². The summed E-state index contributed by atoms with van der Waals surface area (Å²) >= 11 is 3.56. The average molecular weight is 629 g/mol. The fraction of sp³-hybridized carbons (Fsp3) is 0.242. The van der Waals surface area contributed by atoms with Gasteiger partial charge in [-0.15, -0.1) is 39.7 Å². The third kappa shape index (κ3) is 9.04. The van der Waals surface area contributed by atoms with Crippen LogP contribution in [0.15, 0.2) is 97.1 Å². The summed E-state index contributed by atoms with van der Waals surface area (Å²) in [7, 11) is 11.5. The summed E-state index contributed by atoms with van der Waals surface area (Å²) in [4.78, 5) is 0. The number of fused-ring (bicyclic) bond motifs is 3. The van der Waals surface area contributed by atoms with Crippen LogP contribution in [0.5, 0.6) is 0 Å². The maximum Gasteiger partial charge on any atom is -0.172 e. The molecule has 0 N–H and O–H groups in total.